The number of hydrogen-bond donors (Lipinski definition) is 1. The standard InChI is InChI=1S/C25H21N5O2S/c1-33(31,32)30-23-12-5-11-22(29-23)25(20-9-6-13-27-17-20)24(21-10-2-3-14-28-21)19-8-4-7-18(15-19)16-26/h2-15,17,24-25H,1H3,(H,29,30). The molecule has 4 aromatic rings. The highest BCUT2D eigenvalue weighted by Gasteiger charge is 2.31. The van der Waals surface area contributed by atoms with E-state index in [1.807, 2.05) is 54.6 Å². The molecule has 0 bridgehead atoms. The number of hydrogen-bond acceptors (Lipinski definition) is 6. The van der Waals surface area contributed by atoms with Crippen molar-refractivity contribution in [3.05, 3.63) is 119 Å². The molecule has 3 aromatic heterocycles. The normalized spacial score (nSPS) is 13.0. The zero-order valence-electron chi connectivity index (χ0n) is 17.8. The van der Waals surface area contributed by atoms with Gasteiger partial charge in [0.1, 0.15) is 5.82 Å². The molecule has 2 unspecified atom stereocenters. The molecule has 0 fully saturated rings. The Morgan fingerprint density at radius 3 is 2.33 bits per heavy atom. The van der Waals surface area contributed by atoms with Gasteiger partial charge in [0.2, 0.25) is 10.0 Å². The summed E-state index contributed by atoms with van der Waals surface area (Å²) in [6.45, 7) is 0. The van der Waals surface area contributed by atoms with Crippen molar-refractivity contribution in [3.8, 4) is 6.07 Å². The largest absolute Gasteiger partial charge is 0.268 e. The fourth-order valence-electron chi connectivity index (χ4n) is 3.86. The summed E-state index contributed by atoms with van der Waals surface area (Å²) in [5.41, 5.74) is 3.77. The van der Waals surface area contributed by atoms with Crippen LogP contribution in [-0.4, -0.2) is 29.6 Å². The van der Waals surface area contributed by atoms with Crippen LogP contribution in [0.5, 0.6) is 0 Å². The molecule has 0 aliphatic heterocycles. The van der Waals surface area contributed by atoms with Gasteiger partial charge in [0, 0.05) is 36.1 Å². The van der Waals surface area contributed by atoms with Crippen LogP contribution < -0.4 is 4.72 Å². The summed E-state index contributed by atoms with van der Waals surface area (Å²) in [4.78, 5) is 13.6. The molecule has 3 heterocycles. The lowest BCUT2D eigenvalue weighted by Crippen LogP contribution is -2.18. The molecular weight excluding hydrogens is 434 g/mol. The Hall–Kier alpha value is -4.09. The number of nitrogens with zero attached hydrogens (tertiary/aromatic N) is 4. The van der Waals surface area contributed by atoms with Gasteiger partial charge in [-0.1, -0.05) is 30.3 Å². The van der Waals surface area contributed by atoms with Gasteiger partial charge in [0.05, 0.1) is 23.6 Å². The first-order valence-corrected chi connectivity index (χ1v) is 12.1. The molecule has 0 aliphatic carbocycles. The van der Waals surface area contributed by atoms with Gasteiger partial charge < -0.3 is 0 Å². The number of nitrogens with one attached hydrogen (secondary N) is 1. The third-order valence-corrected chi connectivity index (χ3v) is 5.72. The molecule has 1 aromatic carbocycles. The summed E-state index contributed by atoms with van der Waals surface area (Å²) < 4.78 is 26.0. The number of pyridine rings is 3. The van der Waals surface area contributed by atoms with E-state index >= 15 is 0 Å². The molecule has 0 saturated carbocycles. The van der Waals surface area contributed by atoms with Crippen molar-refractivity contribution in [2.45, 2.75) is 11.8 Å². The summed E-state index contributed by atoms with van der Waals surface area (Å²) in [6, 6.07) is 24.3. The maximum atomic E-state index is 11.8. The summed E-state index contributed by atoms with van der Waals surface area (Å²) in [5, 5.41) is 9.48. The topological polar surface area (TPSA) is 109 Å². The number of aromatic nitrogens is 3. The number of benzene rings is 1. The van der Waals surface area contributed by atoms with Crippen LogP contribution in [0.25, 0.3) is 0 Å². The van der Waals surface area contributed by atoms with E-state index in [-0.39, 0.29) is 17.7 Å². The van der Waals surface area contributed by atoms with E-state index in [1.165, 1.54) is 0 Å². The van der Waals surface area contributed by atoms with E-state index in [4.69, 9.17) is 0 Å². The molecule has 7 nitrogen and oxygen atoms in total. The number of sulfonamides is 1. The third kappa shape index (κ3) is 5.40. The molecule has 0 spiro atoms. The van der Waals surface area contributed by atoms with Crippen molar-refractivity contribution < 1.29 is 8.42 Å². The fraction of sp³-hybridized carbons (Fsp3) is 0.120. The third-order valence-electron chi connectivity index (χ3n) is 5.14. The van der Waals surface area contributed by atoms with Gasteiger partial charge in [0.25, 0.3) is 0 Å². The molecule has 0 saturated heterocycles. The lowest BCUT2D eigenvalue weighted by molar-refractivity contribution is 0.606. The Labute approximate surface area is 192 Å². The Morgan fingerprint density at radius 1 is 0.879 bits per heavy atom. The first-order valence-electron chi connectivity index (χ1n) is 10.2. The number of anilines is 1. The van der Waals surface area contributed by atoms with Crippen LogP contribution in [0, 0.1) is 11.3 Å². The van der Waals surface area contributed by atoms with Crippen molar-refractivity contribution in [1.29, 1.82) is 5.26 Å². The summed E-state index contributed by atoms with van der Waals surface area (Å²) in [6.07, 6.45) is 6.28. The smallest absolute Gasteiger partial charge is 0.230 e. The van der Waals surface area contributed by atoms with E-state index in [0.717, 1.165) is 23.1 Å². The maximum Gasteiger partial charge on any atom is 0.230 e. The molecule has 0 amide bonds. The highest BCUT2D eigenvalue weighted by atomic mass is 32.2. The predicted molar refractivity (Wildman–Crippen MR) is 126 cm³/mol. The second kappa shape index (κ2) is 9.59. The van der Waals surface area contributed by atoms with Crippen LogP contribution in [0.15, 0.2) is 91.4 Å². The molecule has 33 heavy (non-hydrogen) atoms. The van der Waals surface area contributed by atoms with Crippen LogP contribution in [0.3, 0.4) is 0 Å². The quantitative estimate of drug-likeness (QED) is 0.450. The average Bonchev–Trinajstić information content (AvgIpc) is 2.82. The maximum absolute atomic E-state index is 11.8. The molecule has 164 valence electrons. The second-order valence-electron chi connectivity index (χ2n) is 7.56. The minimum Gasteiger partial charge on any atom is -0.268 e. The van der Waals surface area contributed by atoms with Crippen LogP contribution in [0.1, 0.15) is 39.9 Å². The molecular formula is C25H21N5O2S. The number of nitriles is 1. The lowest BCUT2D eigenvalue weighted by Gasteiger charge is -2.28. The van der Waals surface area contributed by atoms with E-state index < -0.39 is 10.0 Å². The fourth-order valence-corrected chi connectivity index (χ4v) is 4.35. The first-order chi connectivity index (χ1) is 15.9. The zero-order valence-corrected chi connectivity index (χ0v) is 18.6. The Bertz CT molecular complexity index is 1390. The molecule has 0 radical (unpaired) electrons. The van der Waals surface area contributed by atoms with Crippen LogP contribution in [0.4, 0.5) is 5.82 Å². The van der Waals surface area contributed by atoms with Gasteiger partial charge >= 0.3 is 0 Å². The van der Waals surface area contributed by atoms with Gasteiger partial charge in [-0.25, -0.2) is 13.4 Å². The van der Waals surface area contributed by atoms with Crippen molar-refractivity contribution in [1.82, 2.24) is 15.0 Å². The minimum atomic E-state index is -3.49. The van der Waals surface area contributed by atoms with Gasteiger partial charge in [-0.3, -0.25) is 14.7 Å². The molecule has 2 atom stereocenters. The second-order valence-corrected chi connectivity index (χ2v) is 9.30. The van der Waals surface area contributed by atoms with E-state index in [1.54, 1.807) is 36.8 Å². The number of rotatable bonds is 7. The van der Waals surface area contributed by atoms with Crippen molar-refractivity contribution in [2.24, 2.45) is 0 Å². The van der Waals surface area contributed by atoms with E-state index in [0.29, 0.717) is 11.3 Å². The monoisotopic (exact) mass is 455 g/mol. The molecule has 4 rings (SSSR count). The Morgan fingerprint density at radius 2 is 1.64 bits per heavy atom. The van der Waals surface area contributed by atoms with Crippen molar-refractivity contribution in [2.75, 3.05) is 11.0 Å². The highest BCUT2D eigenvalue weighted by Crippen LogP contribution is 2.41. The summed E-state index contributed by atoms with van der Waals surface area (Å²) in [7, 11) is -3.49. The van der Waals surface area contributed by atoms with Gasteiger partial charge in [-0.05, 0) is 53.6 Å². The minimum absolute atomic E-state index is 0.231. The summed E-state index contributed by atoms with van der Waals surface area (Å²) >= 11 is 0. The molecule has 8 heteroatoms. The average molecular weight is 456 g/mol. The van der Waals surface area contributed by atoms with Gasteiger partial charge in [0.15, 0.2) is 0 Å². The van der Waals surface area contributed by atoms with Crippen molar-refractivity contribution >= 4 is 15.8 Å². The lowest BCUT2D eigenvalue weighted by atomic mass is 9.77. The zero-order chi connectivity index (χ0) is 23.3. The summed E-state index contributed by atoms with van der Waals surface area (Å²) in [5.74, 6) is -0.414. The van der Waals surface area contributed by atoms with Crippen LogP contribution >= 0.6 is 0 Å². The highest BCUT2D eigenvalue weighted by molar-refractivity contribution is 7.92. The van der Waals surface area contributed by atoms with E-state index in [9.17, 15) is 13.7 Å². The first kappa shape index (κ1) is 22.1. The molecule has 0 aliphatic rings. The van der Waals surface area contributed by atoms with E-state index in [2.05, 4.69) is 25.7 Å². The van der Waals surface area contributed by atoms with Crippen molar-refractivity contribution in [3.63, 3.8) is 0 Å². The Kier molecular flexibility index (Phi) is 6.43. The Balaban J connectivity index is 1.94. The van der Waals surface area contributed by atoms with Crippen LogP contribution in [0.2, 0.25) is 0 Å². The SMILES string of the molecule is CS(=O)(=O)Nc1cccc(C(c2cccnc2)C(c2cccc(C#N)c2)c2ccccn2)n1. The van der Waals surface area contributed by atoms with Gasteiger partial charge in [-0.2, -0.15) is 5.26 Å². The van der Waals surface area contributed by atoms with Crippen LogP contribution in [-0.2, 0) is 10.0 Å². The van der Waals surface area contributed by atoms with Gasteiger partial charge in [-0.15, -0.1) is 0 Å². The predicted octanol–water partition coefficient (Wildman–Crippen LogP) is 4.08. The molecule has 1 N–H and O–H groups in total.